The van der Waals surface area contributed by atoms with E-state index in [0.717, 1.165) is 27.4 Å². The fraction of sp³-hybridized carbons (Fsp3) is 0.111. The van der Waals surface area contributed by atoms with Crippen molar-refractivity contribution in [1.82, 2.24) is 15.0 Å². The molecular weight excluding hydrogens is 296 g/mol. The normalized spacial score (nSPS) is 11.6. The Balaban J connectivity index is 1.81. The molecule has 1 aromatic carbocycles. The average molecular weight is 309 g/mol. The summed E-state index contributed by atoms with van der Waals surface area (Å²) in [7, 11) is 0. The zero-order valence-corrected chi connectivity index (χ0v) is 12.1. The van der Waals surface area contributed by atoms with Crippen LogP contribution in [0.15, 0.2) is 54.9 Å². The Hall–Kier alpha value is -2.82. The van der Waals surface area contributed by atoms with Crippen molar-refractivity contribution >= 4 is 21.9 Å². The number of hydrogen-bond acceptors (Lipinski definition) is 2. The Morgan fingerprint density at radius 1 is 1.09 bits per heavy atom. The zero-order chi connectivity index (χ0) is 15.8. The third-order valence-corrected chi connectivity index (χ3v) is 3.87. The second-order valence-electron chi connectivity index (χ2n) is 5.41. The molecule has 0 aliphatic rings. The van der Waals surface area contributed by atoms with Gasteiger partial charge in [0.05, 0.1) is 11.9 Å². The third-order valence-electron chi connectivity index (χ3n) is 3.87. The van der Waals surface area contributed by atoms with Gasteiger partial charge in [-0.05, 0) is 35.9 Å². The molecule has 5 heteroatoms. The van der Waals surface area contributed by atoms with Gasteiger partial charge in [0.2, 0.25) is 6.43 Å². The molecule has 114 valence electrons. The van der Waals surface area contributed by atoms with Crippen molar-refractivity contribution in [2.24, 2.45) is 0 Å². The number of hydrogen-bond donors (Lipinski definition) is 1. The lowest BCUT2D eigenvalue weighted by Crippen LogP contribution is -1.99. The number of rotatable bonds is 3. The molecule has 0 saturated heterocycles. The smallest absolute Gasteiger partial charge is 0.244 e. The largest absolute Gasteiger partial charge is 0.346 e. The highest BCUT2D eigenvalue weighted by atomic mass is 19.3. The first-order valence-electron chi connectivity index (χ1n) is 7.31. The number of halogens is 2. The molecule has 0 spiro atoms. The molecular formula is C18H13F2N3. The highest BCUT2D eigenvalue weighted by molar-refractivity contribution is 5.96. The van der Waals surface area contributed by atoms with Crippen LogP contribution in [0.4, 0.5) is 8.78 Å². The summed E-state index contributed by atoms with van der Waals surface area (Å²) in [5.41, 5.74) is 4.00. The van der Waals surface area contributed by atoms with Crippen molar-refractivity contribution < 1.29 is 8.78 Å². The van der Waals surface area contributed by atoms with Crippen molar-refractivity contribution in [3.8, 4) is 11.1 Å². The molecule has 4 rings (SSSR count). The van der Waals surface area contributed by atoms with Gasteiger partial charge in [-0.1, -0.05) is 12.1 Å². The van der Waals surface area contributed by atoms with Crippen LogP contribution in [0.3, 0.4) is 0 Å². The topological polar surface area (TPSA) is 41.6 Å². The summed E-state index contributed by atoms with van der Waals surface area (Å²) in [5, 5.41) is 1.98. The summed E-state index contributed by atoms with van der Waals surface area (Å²) in [6.07, 6.45) is 0.914. The summed E-state index contributed by atoms with van der Waals surface area (Å²) < 4.78 is 25.0. The van der Waals surface area contributed by atoms with Gasteiger partial charge in [0.25, 0.3) is 0 Å². The number of nitrogens with zero attached hydrogens (tertiary/aromatic N) is 2. The van der Waals surface area contributed by atoms with E-state index in [1.54, 1.807) is 12.3 Å². The molecule has 0 saturated carbocycles. The van der Waals surface area contributed by atoms with Crippen LogP contribution in [0.1, 0.15) is 5.69 Å². The van der Waals surface area contributed by atoms with E-state index in [4.69, 9.17) is 0 Å². The second kappa shape index (κ2) is 5.43. The van der Waals surface area contributed by atoms with Gasteiger partial charge >= 0.3 is 0 Å². The summed E-state index contributed by atoms with van der Waals surface area (Å²) in [6, 6.07) is 13.5. The zero-order valence-electron chi connectivity index (χ0n) is 12.1. The van der Waals surface area contributed by atoms with Crippen LogP contribution in [0.25, 0.3) is 33.1 Å². The maximum atomic E-state index is 12.5. The van der Waals surface area contributed by atoms with Gasteiger partial charge in [0.1, 0.15) is 5.65 Å². The molecule has 0 radical (unpaired) electrons. The van der Waals surface area contributed by atoms with Gasteiger partial charge < -0.3 is 4.98 Å². The molecule has 3 heterocycles. The van der Waals surface area contributed by atoms with Crippen LogP contribution in [0.5, 0.6) is 0 Å². The predicted octanol–water partition coefficient (Wildman–Crippen LogP) is 4.59. The Morgan fingerprint density at radius 2 is 2.00 bits per heavy atom. The Morgan fingerprint density at radius 3 is 2.87 bits per heavy atom. The number of pyridine rings is 2. The number of alkyl halides is 2. The number of aromatic amines is 1. The van der Waals surface area contributed by atoms with Crippen LogP contribution < -0.4 is 0 Å². The summed E-state index contributed by atoms with van der Waals surface area (Å²) in [5.74, 6) is 0. The number of H-pyrrole nitrogens is 1. The van der Waals surface area contributed by atoms with Crippen molar-refractivity contribution in [2.45, 2.75) is 12.8 Å². The minimum Gasteiger partial charge on any atom is -0.346 e. The van der Waals surface area contributed by atoms with Gasteiger partial charge in [-0.2, -0.15) is 0 Å². The second-order valence-corrected chi connectivity index (χ2v) is 5.41. The van der Waals surface area contributed by atoms with E-state index < -0.39 is 6.43 Å². The molecule has 23 heavy (non-hydrogen) atoms. The van der Waals surface area contributed by atoms with Crippen LogP contribution in [-0.2, 0) is 6.42 Å². The Bertz CT molecular complexity index is 992. The first kappa shape index (κ1) is 13.8. The maximum Gasteiger partial charge on any atom is 0.244 e. The van der Waals surface area contributed by atoms with Crippen molar-refractivity contribution in [3.63, 3.8) is 0 Å². The molecule has 4 aromatic rings. The van der Waals surface area contributed by atoms with E-state index in [2.05, 4.69) is 21.0 Å². The molecule has 0 bridgehead atoms. The van der Waals surface area contributed by atoms with Crippen molar-refractivity contribution in [2.75, 3.05) is 0 Å². The fourth-order valence-corrected chi connectivity index (χ4v) is 2.80. The quantitative estimate of drug-likeness (QED) is 0.601. The monoisotopic (exact) mass is 309 g/mol. The van der Waals surface area contributed by atoms with Gasteiger partial charge in [0.15, 0.2) is 0 Å². The molecule has 0 atom stereocenters. The van der Waals surface area contributed by atoms with E-state index in [1.807, 2.05) is 36.5 Å². The minimum absolute atomic E-state index is 0.327. The molecule has 3 aromatic heterocycles. The molecule has 3 nitrogen and oxygen atoms in total. The lowest BCUT2D eigenvalue weighted by atomic mass is 10.0. The standard InChI is InChI=1S/C18H13F2N3/c19-17(20)9-13-4-5-14-15(10-22-18(14)23-13)11-3-6-16-12(8-11)2-1-7-21-16/h1-8,10,17H,9H2,(H,22,23). The lowest BCUT2D eigenvalue weighted by Gasteiger charge is -2.03. The fourth-order valence-electron chi connectivity index (χ4n) is 2.80. The lowest BCUT2D eigenvalue weighted by molar-refractivity contribution is 0.148. The molecule has 0 amide bonds. The highest BCUT2D eigenvalue weighted by Crippen LogP contribution is 2.30. The SMILES string of the molecule is FC(F)Cc1ccc2c(-c3ccc4ncccc4c3)c[nH]c2n1. The number of fused-ring (bicyclic) bond motifs is 2. The molecule has 0 unspecified atom stereocenters. The summed E-state index contributed by atoms with van der Waals surface area (Å²) in [6.45, 7) is 0. The van der Waals surface area contributed by atoms with Crippen molar-refractivity contribution in [3.05, 3.63) is 60.6 Å². The Labute approximate surface area is 131 Å². The van der Waals surface area contributed by atoms with Crippen molar-refractivity contribution in [1.29, 1.82) is 0 Å². The van der Waals surface area contributed by atoms with Crippen LogP contribution in [0, 0.1) is 0 Å². The van der Waals surface area contributed by atoms with Crippen LogP contribution in [-0.4, -0.2) is 21.4 Å². The highest BCUT2D eigenvalue weighted by Gasteiger charge is 2.11. The Kier molecular flexibility index (Phi) is 3.26. The molecule has 0 aliphatic heterocycles. The summed E-state index contributed by atoms with van der Waals surface area (Å²) in [4.78, 5) is 11.7. The maximum absolute atomic E-state index is 12.5. The summed E-state index contributed by atoms with van der Waals surface area (Å²) >= 11 is 0. The van der Waals surface area contributed by atoms with E-state index in [0.29, 0.717) is 11.3 Å². The van der Waals surface area contributed by atoms with E-state index >= 15 is 0 Å². The first-order valence-corrected chi connectivity index (χ1v) is 7.31. The molecule has 0 fully saturated rings. The average Bonchev–Trinajstić information content (AvgIpc) is 2.97. The van der Waals surface area contributed by atoms with Gasteiger partial charge in [-0.15, -0.1) is 0 Å². The number of benzene rings is 1. The van der Waals surface area contributed by atoms with Gasteiger partial charge in [-0.25, -0.2) is 13.8 Å². The first-order chi connectivity index (χ1) is 11.2. The molecule has 1 N–H and O–H groups in total. The van der Waals surface area contributed by atoms with E-state index in [1.165, 1.54) is 0 Å². The van der Waals surface area contributed by atoms with Gasteiger partial charge in [-0.3, -0.25) is 4.98 Å². The van der Waals surface area contributed by atoms with E-state index in [-0.39, 0.29) is 6.42 Å². The van der Waals surface area contributed by atoms with Crippen LogP contribution in [0.2, 0.25) is 0 Å². The van der Waals surface area contributed by atoms with Gasteiger partial charge in [0, 0.05) is 34.4 Å². The third kappa shape index (κ3) is 2.54. The molecule has 0 aliphatic carbocycles. The van der Waals surface area contributed by atoms with E-state index in [9.17, 15) is 8.78 Å². The van der Waals surface area contributed by atoms with Crippen LogP contribution >= 0.6 is 0 Å². The number of nitrogens with one attached hydrogen (secondary N) is 1. The minimum atomic E-state index is -2.39. The predicted molar refractivity (Wildman–Crippen MR) is 86.5 cm³/mol. The number of aromatic nitrogens is 3.